The van der Waals surface area contributed by atoms with Gasteiger partial charge in [0.15, 0.2) is 5.82 Å². The SMILES string of the molecule is CC(C)Cc1nc(C(C)(C)C)n[nH]1. The van der Waals surface area contributed by atoms with Gasteiger partial charge in [-0.1, -0.05) is 34.6 Å². The Bertz CT molecular complexity index is 268. The number of nitrogens with zero attached hydrogens (tertiary/aromatic N) is 2. The van der Waals surface area contributed by atoms with Crippen molar-refractivity contribution in [2.24, 2.45) is 5.92 Å². The molecule has 0 aliphatic heterocycles. The third-order valence-corrected chi connectivity index (χ3v) is 1.80. The molecule has 0 atom stereocenters. The largest absolute Gasteiger partial charge is 0.263 e. The zero-order chi connectivity index (χ0) is 10.1. The Hall–Kier alpha value is -0.860. The second kappa shape index (κ2) is 3.48. The van der Waals surface area contributed by atoms with Gasteiger partial charge in [-0.15, -0.1) is 0 Å². The van der Waals surface area contributed by atoms with Crippen LogP contribution in [0, 0.1) is 5.92 Å². The number of nitrogens with one attached hydrogen (secondary N) is 1. The fourth-order valence-corrected chi connectivity index (χ4v) is 1.11. The van der Waals surface area contributed by atoms with Gasteiger partial charge >= 0.3 is 0 Å². The van der Waals surface area contributed by atoms with Crippen molar-refractivity contribution in [2.45, 2.75) is 46.5 Å². The summed E-state index contributed by atoms with van der Waals surface area (Å²) in [6, 6.07) is 0. The van der Waals surface area contributed by atoms with Crippen molar-refractivity contribution >= 4 is 0 Å². The molecule has 1 aromatic heterocycles. The third kappa shape index (κ3) is 2.83. The minimum absolute atomic E-state index is 0.0474. The highest BCUT2D eigenvalue weighted by Gasteiger charge is 2.19. The van der Waals surface area contributed by atoms with Gasteiger partial charge in [0.1, 0.15) is 5.82 Å². The van der Waals surface area contributed by atoms with Gasteiger partial charge in [-0.05, 0) is 5.92 Å². The summed E-state index contributed by atoms with van der Waals surface area (Å²) in [5.41, 5.74) is 0.0474. The van der Waals surface area contributed by atoms with Crippen LogP contribution < -0.4 is 0 Å². The monoisotopic (exact) mass is 181 g/mol. The molecule has 0 aliphatic rings. The smallest absolute Gasteiger partial charge is 0.155 e. The van der Waals surface area contributed by atoms with Gasteiger partial charge < -0.3 is 0 Å². The van der Waals surface area contributed by atoms with Crippen molar-refractivity contribution in [2.75, 3.05) is 0 Å². The molecule has 0 radical (unpaired) electrons. The number of hydrogen-bond donors (Lipinski definition) is 1. The maximum absolute atomic E-state index is 4.46. The van der Waals surface area contributed by atoms with E-state index < -0.39 is 0 Å². The molecule has 0 fully saturated rings. The lowest BCUT2D eigenvalue weighted by molar-refractivity contribution is 0.546. The highest BCUT2D eigenvalue weighted by atomic mass is 15.2. The molecule has 0 aliphatic carbocycles. The van der Waals surface area contributed by atoms with Gasteiger partial charge in [-0.25, -0.2) is 4.98 Å². The maximum atomic E-state index is 4.46. The molecule has 3 heteroatoms. The van der Waals surface area contributed by atoms with E-state index in [1.165, 1.54) is 0 Å². The van der Waals surface area contributed by atoms with Crippen molar-refractivity contribution in [1.82, 2.24) is 15.2 Å². The zero-order valence-electron chi connectivity index (χ0n) is 9.18. The van der Waals surface area contributed by atoms with E-state index in [4.69, 9.17) is 0 Å². The summed E-state index contributed by atoms with van der Waals surface area (Å²) in [4.78, 5) is 4.46. The van der Waals surface area contributed by atoms with Crippen molar-refractivity contribution < 1.29 is 0 Å². The first kappa shape index (κ1) is 10.2. The molecule has 1 aromatic rings. The van der Waals surface area contributed by atoms with E-state index >= 15 is 0 Å². The number of rotatable bonds is 2. The van der Waals surface area contributed by atoms with E-state index in [1.807, 2.05) is 0 Å². The molecule has 3 nitrogen and oxygen atoms in total. The third-order valence-electron chi connectivity index (χ3n) is 1.80. The molecule has 0 amide bonds. The molecule has 13 heavy (non-hydrogen) atoms. The number of H-pyrrole nitrogens is 1. The second-order valence-corrected chi connectivity index (χ2v) is 4.95. The molecule has 0 spiro atoms. The van der Waals surface area contributed by atoms with E-state index in [1.54, 1.807) is 0 Å². The van der Waals surface area contributed by atoms with Crippen LogP contribution >= 0.6 is 0 Å². The molecular formula is C10H19N3. The van der Waals surface area contributed by atoms with Crippen LogP contribution in [0.3, 0.4) is 0 Å². The lowest BCUT2D eigenvalue weighted by atomic mass is 9.96. The highest BCUT2D eigenvalue weighted by Crippen LogP contribution is 2.17. The summed E-state index contributed by atoms with van der Waals surface area (Å²) < 4.78 is 0. The first-order valence-electron chi connectivity index (χ1n) is 4.81. The average molecular weight is 181 g/mol. The lowest BCUT2D eigenvalue weighted by Gasteiger charge is -2.11. The van der Waals surface area contributed by atoms with Gasteiger partial charge in [0.25, 0.3) is 0 Å². The van der Waals surface area contributed by atoms with Crippen LogP contribution in [0.25, 0.3) is 0 Å². The minimum Gasteiger partial charge on any atom is -0.263 e. The maximum Gasteiger partial charge on any atom is 0.155 e. The lowest BCUT2D eigenvalue weighted by Crippen LogP contribution is -2.13. The molecule has 1 N–H and O–H groups in total. The van der Waals surface area contributed by atoms with E-state index in [-0.39, 0.29) is 5.41 Å². The summed E-state index contributed by atoms with van der Waals surface area (Å²) >= 11 is 0. The topological polar surface area (TPSA) is 41.6 Å². The van der Waals surface area contributed by atoms with Gasteiger partial charge in [-0.2, -0.15) is 5.10 Å². The van der Waals surface area contributed by atoms with E-state index in [2.05, 4.69) is 49.8 Å². The predicted octanol–water partition coefficient (Wildman–Crippen LogP) is 2.30. The van der Waals surface area contributed by atoms with Crippen molar-refractivity contribution in [3.8, 4) is 0 Å². The Morgan fingerprint density at radius 3 is 2.31 bits per heavy atom. The van der Waals surface area contributed by atoms with E-state index in [9.17, 15) is 0 Å². The molecule has 0 saturated heterocycles. The summed E-state index contributed by atoms with van der Waals surface area (Å²) in [5.74, 6) is 2.53. The highest BCUT2D eigenvalue weighted by molar-refractivity contribution is 5.02. The molecule has 0 unspecified atom stereocenters. The first-order valence-corrected chi connectivity index (χ1v) is 4.81. The van der Waals surface area contributed by atoms with Crippen LogP contribution in [-0.2, 0) is 11.8 Å². The standard InChI is InChI=1S/C10H19N3/c1-7(2)6-8-11-9(13-12-8)10(3,4)5/h7H,6H2,1-5H3,(H,11,12,13). The van der Waals surface area contributed by atoms with E-state index in [0.717, 1.165) is 18.1 Å². The van der Waals surface area contributed by atoms with Crippen LogP contribution in [-0.4, -0.2) is 15.2 Å². The van der Waals surface area contributed by atoms with Gasteiger partial charge in [0, 0.05) is 11.8 Å². The summed E-state index contributed by atoms with van der Waals surface area (Å²) in [7, 11) is 0. The number of aromatic nitrogens is 3. The normalized spacial score (nSPS) is 12.5. The van der Waals surface area contributed by atoms with Crippen LogP contribution in [0.15, 0.2) is 0 Å². The Balaban J connectivity index is 2.75. The van der Waals surface area contributed by atoms with Crippen LogP contribution in [0.4, 0.5) is 0 Å². The van der Waals surface area contributed by atoms with Crippen molar-refractivity contribution in [3.05, 3.63) is 11.6 Å². The Morgan fingerprint density at radius 1 is 1.31 bits per heavy atom. The quantitative estimate of drug-likeness (QED) is 0.760. The average Bonchev–Trinajstić information content (AvgIpc) is 2.32. The van der Waals surface area contributed by atoms with Crippen LogP contribution in [0.1, 0.15) is 46.3 Å². The Morgan fingerprint density at radius 2 is 1.92 bits per heavy atom. The molecule has 74 valence electrons. The van der Waals surface area contributed by atoms with Gasteiger partial charge in [-0.3, -0.25) is 5.10 Å². The number of hydrogen-bond acceptors (Lipinski definition) is 2. The molecule has 1 rings (SSSR count). The summed E-state index contributed by atoms with van der Waals surface area (Å²) in [6.07, 6.45) is 0.975. The van der Waals surface area contributed by atoms with Crippen LogP contribution in [0.5, 0.6) is 0 Å². The molecular weight excluding hydrogens is 162 g/mol. The minimum atomic E-state index is 0.0474. The molecule has 0 bridgehead atoms. The summed E-state index contributed by atoms with van der Waals surface area (Å²) in [6.45, 7) is 10.7. The summed E-state index contributed by atoms with van der Waals surface area (Å²) in [5, 5.41) is 7.19. The van der Waals surface area contributed by atoms with Gasteiger partial charge in [0.2, 0.25) is 0 Å². The fraction of sp³-hybridized carbons (Fsp3) is 0.800. The molecule has 0 aromatic carbocycles. The fourth-order valence-electron chi connectivity index (χ4n) is 1.11. The molecule has 1 heterocycles. The van der Waals surface area contributed by atoms with E-state index in [0.29, 0.717) is 5.92 Å². The van der Waals surface area contributed by atoms with Crippen molar-refractivity contribution in [3.63, 3.8) is 0 Å². The van der Waals surface area contributed by atoms with Crippen LogP contribution in [0.2, 0.25) is 0 Å². The van der Waals surface area contributed by atoms with Gasteiger partial charge in [0.05, 0.1) is 0 Å². The van der Waals surface area contributed by atoms with Crippen molar-refractivity contribution in [1.29, 1.82) is 0 Å². The first-order chi connectivity index (χ1) is 5.89. The Labute approximate surface area is 80.0 Å². The Kier molecular flexibility index (Phi) is 2.74. The zero-order valence-corrected chi connectivity index (χ0v) is 9.18. The second-order valence-electron chi connectivity index (χ2n) is 4.95. The molecule has 0 saturated carbocycles. The number of aromatic amines is 1. The predicted molar refractivity (Wildman–Crippen MR) is 53.6 cm³/mol.